The highest BCUT2D eigenvalue weighted by Gasteiger charge is 2.59. The Bertz CT molecular complexity index is 808. The number of nitrogens with zero attached hydrogens (tertiary/aromatic N) is 2. The van der Waals surface area contributed by atoms with Gasteiger partial charge in [0.2, 0.25) is 0 Å². The van der Waals surface area contributed by atoms with Crippen LogP contribution in [0, 0.1) is 35.5 Å². The molecule has 0 radical (unpaired) electrons. The van der Waals surface area contributed by atoms with Crippen LogP contribution < -0.4 is 0 Å². The maximum atomic E-state index is 3.38. The van der Waals surface area contributed by atoms with Crippen molar-refractivity contribution in [3.8, 4) is 0 Å². The Morgan fingerprint density at radius 1 is 0.286 bits per heavy atom. The molecule has 0 amide bonds. The molecule has 0 aromatic rings. The summed E-state index contributed by atoms with van der Waals surface area (Å²) in [5.41, 5.74) is 0. The van der Waals surface area contributed by atoms with Crippen molar-refractivity contribution in [2.45, 2.75) is 216 Å². The predicted octanol–water partition coefficient (Wildman–Crippen LogP) is 10.5. The van der Waals surface area contributed by atoms with Gasteiger partial charge >= 0.3 is 0 Å². The van der Waals surface area contributed by atoms with Crippen molar-refractivity contribution in [3.63, 3.8) is 0 Å². The molecule has 0 heterocycles. The molecule has 0 spiro atoms. The minimum atomic E-state index is 0.934. The van der Waals surface area contributed by atoms with E-state index in [1.54, 1.807) is 51.4 Å². The maximum Gasteiger partial charge on any atom is 0.0135 e. The van der Waals surface area contributed by atoms with E-state index >= 15 is 0 Å². The van der Waals surface area contributed by atoms with Gasteiger partial charge in [0.15, 0.2) is 0 Å². The van der Waals surface area contributed by atoms with Gasteiger partial charge in [-0.2, -0.15) is 0 Å². The largest absolute Gasteiger partial charge is 0.294 e. The molecule has 0 aromatic heterocycles. The summed E-state index contributed by atoms with van der Waals surface area (Å²) < 4.78 is 0. The average molecular weight is 577 g/mol. The fraction of sp³-hybridized carbons (Fsp3) is 1.00. The first-order valence-corrected chi connectivity index (χ1v) is 20.4. The van der Waals surface area contributed by atoms with Crippen LogP contribution in [-0.2, 0) is 0 Å². The van der Waals surface area contributed by atoms with Crippen molar-refractivity contribution in [1.82, 2.24) is 9.80 Å². The van der Waals surface area contributed by atoms with E-state index in [4.69, 9.17) is 0 Å². The van der Waals surface area contributed by atoms with Crippen LogP contribution in [0.25, 0.3) is 0 Å². The molecular weight excluding hydrogens is 508 g/mol. The van der Waals surface area contributed by atoms with Crippen LogP contribution in [-0.4, -0.2) is 46.1 Å². The molecule has 8 aliphatic rings. The third-order valence-electron chi connectivity index (χ3n) is 15.6. The third kappa shape index (κ3) is 5.60. The quantitative estimate of drug-likeness (QED) is 0.310. The van der Waals surface area contributed by atoms with E-state index in [1.165, 1.54) is 128 Å². The Kier molecular flexibility index (Phi) is 9.32. The van der Waals surface area contributed by atoms with Gasteiger partial charge < -0.3 is 0 Å². The first-order chi connectivity index (χ1) is 20.9. The van der Waals surface area contributed by atoms with Crippen molar-refractivity contribution in [3.05, 3.63) is 0 Å². The standard InChI is InChI=1S/C40H68N2/c1-5-16-31(17-6-1)41(32-18-7-2-8-19-32)37-27-26-36-38(28-30-15-13-14-29-24-25-35(37)40(36)39(29)30)42(33-20-9-3-10-21-33)34-22-11-4-12-23-34/h29-40H,1-28H2. The Labute approximate surface area is 260 Å². The molecule has 0 aromatic carbocycles. The predicted molar refractivity (Wildman–Crippen MR) is 177 cm³/mol. The zero-order valence-electron chi connectivity index (χ0n) is 27.6. The summed E-state index contributed by atoms with van der Waals surface area (Å²) in [4.78, 5) is 6.75. The van der Waals surface area contributed by atoms with Crippen LogP contribution >= 0.6 is 0 Å². The molecule has 0 bridgehead atoms. The summed E-state index contributed by atoms with van der Waals surface area (Å²) >= 11 is 0. The Hall–Kier alpha value is -0.0800. The summed E-state index contributed by atoms with van der Waals surface area (Å²) in [5.74, 6) is 6.44. The highest BCUT2D eigenvalue weighted by atomic mass is 15.2. The van der Waals surface area contributed by atoms with Crippen molar-refractivity contribution in [2.24, 2.45) is 35.5 Å². The monoisotopic (exact) mass is 577 g/mol. The molecule has 42 heavy (non-hydrogen) atoms. The van der Waals surface area contributed by atoms with Gasteiger partial charge in [0.25, 0.3) is 0 Å². The zero-order chi connectivity index (χ0) is 27.9. The first kappa shape index (κ1) is 29.3. The zero-order valence-corrected chi connectivity index (χ0v) is 27.6. The molecule has 8 saturated carbocycles. The van der Waals surface area contributed by atoms with E-state index in [2.05, 4.69) is 9.80 Å². The van der Waals surface area contributed by atoms with Crippen LogP contribution in [0.1, 0.15) is 180 Å². The van der Waals surface area contributed by atoms with E-state index in [0.29, 0.717) is 0 Å². The molecule has 8 unspecified atom stereocenters. The summed E-state index contributed by atoms with van der Waals surface area (Å²) in [6, 6.07) is 5.62. The minimum absolute atomic E-state index is 0.934. The smallest absolute Gasteiger partial charge is 0.0135 e. The lowest BCUT2D eigenvalue weighted by Crippen LogP contribution is -2.66. The van der Waals surface area contributed by atoms with Crippen LogP contribution in [0.3, 0.4) is 0 Å². The molecule has 2 nitrogen and oxygen atoms in total. The summed E-state index contributed by atoms with van der Waals surface area (Å²) in [6.45, 7) is 0. The lowest BCUT2D eigenvalue weighted by molar-refractivity contribution is -0.158. The van der Waals surface area contributed by atoms with Gasteiger partial charge in [-0.3, -0.25) is 9.80 Å². The van der Waals surface area contributed by atoms with E-state index in [9.17, 15) is 0 Å². The van der Waals surface area contributed by atoms with Gasteiger partial charge in [0.1, 0.15) is 0 Å². The van der Waals surface area contributed by atoms with Crippen LogP contribution in [0.2, 0.25) is 0 Å². The van der Waals surface area contributed by atoms with Crippen LogP contribution in [0.15, 0.2) is 0 Å². The highest BCUT2D eigenvalue weighted by Crippen LogP contribution is 2.62. The van der Waals surface area contributed by atoms with Gasteiger partial charge in [-0.1, -0.05) is 96.3 Å². The second-order valence-corrected chi connectivity index (χ2v) is 17.5. The second-order valence-electron chi connectivity index (χ2n) is 17.5. The lowest BCUT2D eigenvalue weighted by atomic mass is 9.46. The normalized spacial score (nSPS) is 43.0. The van der Waals surface area contributed by atoms with E-state index in [-0.39, 0.29) is 0 Å². The van der Waals surface area contributed by atoms with Crippen molar-refractivity contribution >= 4 is 0 Å². The molecule has 8 fully saturated rings. The fourth-order valence-electron chi connectivity index (χ4n) is 14.2. The van der Waals surface area contributed by atoms with Crippen molar-refractivity contribution in [2.75, 3.05) is 0 Å². The van der Waals surface area contributed by atoms with Crippen molar-refractivity contribution in [1.29, 1.82) is 0 Å². The fourth-order valence-corrected chi connectivity index (χ4v) is 14.2. The van der Waals surface area contributed by atoms with Gasteiger partial charge in [-0.25, -0.2) is 0 Å². The van der Waals surface area contributed by atoms with Gasteiger partial charge in [0.05, 0.1) is 0 Å². The molecule has 8 rings (SSSR count). The summed E-state index contributed by atoms with van der Waals surface area (Å²) in [7, 11) is 0. The molecule has 0 saturated heterocycles. The van der Waals surface area contributed by atoms with Crippen LogP contribution in [0.4, 0.5) is 0 Å². The second kappa shape index (κ2) is 13.3. The summed E-state index contributed by atoms with van der Waals surface area (Å²) in [6.07, 6.45) is 43.2. The number of rotatable bonds is 6. The SMILES string of the molecule is C1CCC(N(C2CCCCC2)C2CCC3C4C2CCC2CCCC(CC3N(C3CCCCC3)C3CCCCC3)C24)CC1. The summed E-state index contributed by atoms with van der Waals surface area (Å²) in [5, 5.41) is 0. The van der Waals surface area contributed by atoms with E-state index in [0.717, 1.165) is 71.8 Å². The molecule has 2 heteroatoms. The van der Waals surface area contributed by atoms with Gasteiger partial charge in [-0.15, -0.1) is 0 Å². The van der Waals surface area contributed by atoms with Gasteiger partial charge in [-0.05, 0) is 119 Å². The maximum absolute atomic E-state index is 3.38. The lowest BCUT2D eigenvalue weighted by Gasteiger charge is -2.65. The van der Waals surface area contributed by atoms with Gasteiger partial charge in [0, 0.05) is 36.3 Å². The molecular formula is C40H68N2. The molecule has 8 atom stereocenters. The first-order valence-electron chi connectivity index (χ1n) is 20.4. The average Bonchev–Trinajstić information content (AvgIpc) is 3.06. The number of hydrogen-bond acceptors (Lipinski definition) is 2. The topological polar surface area (TPSA) is 6.48 Å². The minimum Gasteiger partial charge on any atom is -0.294 e. The Morgan fingerprint density at radius 3 is 1.24 bits per heavy atom. The molecule has 0 N–H and O–H groups in total. The molecule has 8 aliphatic carbocycles. The number of hydrogen-bond donors (Lipinski definition) is 0. The van der Waals surface area contributed by atoms with Crippen molar-refractivity contribution < 1.29 is 0 Å². The van der Waals surface area contributed by atoms with E-state index < -0.39 is 0 Å². The van der Waals surface area contributed by atoms with Crippen LogP contribution in [0.5, 0.6) is 0 Å². The highest BCUT2D eigenvalue weighted by molar-refractivity contribution is 5.10. The Balaban J connectivity index is 1.13. The van der Waals surface area contributed by atoms with E-state index in [1.807, 2.05) is 0 Å². The third-order valence-corrected chi connectivity index (χ3v) is 15.6. The molecule has 238 valence electrons. The molecule has 0 aliphatic heterocycles. The Morgan fingerprint density at radius 2 is 0.714 bits per heavy atom.